The third-order valence-electron chi connectivity index (χ3n) is 4.36. The van der Waals surface area contributed by atoms with Crippen molar-refractivity contribution in [3.05, 3.63) is 24.3 Å². The van der Waals surface area contributed by atoms with E-state index in [1.54, 1.807) is 0 Å². The number of hydrogen-bond acceptors (Lipinski definition) is 2. The molecule has 0 bridgehead atoms. The molecule has 0 atom stereocenters. The molecule has 18 heavy (non-hydrogen) atoms. The lowest BCUT2D eigenvalue weighted by Crippen LogP contribution is -2.29. The fourth-order valence-corrected chi connectivity index (χ4v) is 3.13. The Hall–Kier alpha value is -0.600. The predicted octanol–water partition coefficient (Wildman–Crippen LogP) is 3.49. The normalized spacial score (nSPS) is 27.9. The third-order valence-corrected chi connectivity index (χ3v) is 4.36. The van der Waals surface area contributed by atoms with Gasteiger partial charge in [0.15, 0.2) is 0 Å². The van der Waals surface area contributed by atoms with Crippen molar-refractivity contribution >= 4 is 0 Å². The maximum Gasteiger partial charge on any atom is 0.0830 e. The molecule has 0 amide bonds. The monoisotopic (exact) mass is 250 g/mol. The Morgan fingerprint density at radius 2 is 0.889 bits per heavy atom. The van der Waals surface area contributed by atoms with Crippen molar-refractivity contribution in [2.24, 2.45) is 0 Å². The summed E-state index contributed by atoms with van der Waals surface area (Å²) in [6.45, 7) is 0. The van der Waals surface area contributed by atoms with Gasteiger partial charge in [0.25, 0.3) is 0 Å². The minimum Gasteiger partial charge on any atom is -0.386 e. The van der Waals surface area contributed by atoms with Crippen LogP contribution in [0.3, 0.4) is 0 Å². The van der Waals surface area contributed by atoms with Crippen molar-refractivity contribution in [1.82, 2.24) is 0 Å². The van der Waals surface area contributed by atoms with Gasteiger partial charge in [0.1, 0.15) is 0 Å². The highest BCUT2D eigenvalue weighted by Gasteiger charge is 2.26. The van der Waals surface area contributed by atoms with Crippen LogP contribution in [-0.4, -0.2) is 21.4 Å². The van der Waals surface area contributed by atoms with E-state index in [4.69, 9.17) is 0 Å². The Labute approximate surface area is 110 Å². The molecule has 0 aromatic heterocycles. The average molecular weight is 250 g/mol. The van der Waals surface area contributed by atoms with Crippen LogP contribution in [0.15, 0.2) is 24.3 Å². The van der Waals surface area contributed by atoms with Crippen LogP contribution in [0, 0.1) is 0 Å². The zero-order valence-corrected chi connectivity index (χ0v) is 11.3. The lowest BCUT2D eigenvalue weighted by atomic mass is 9.83. The zero-order chi connectivity index (χ0) is 12.9. The molecule has 0 radical (unpaired) electrons. The van der Waals surface area contributed by atoms with Crippen LogP contribution in [0.5, 0.6) is 0 Å². The second-order valence-electron chi connectivity index (χ2n) is 6.05. The standard InChI is InChI=1S/C16H26O2/c17-15(9-3-1-4-10-15)13-7-8-14-16(18)11-5-2-6-12-16/h7-8,13-14,17-18H,1-6,9-12H2/b13-7+,14-8+. The second kappa shape index (κ2) is 6.03. The first-order valence-corrected chi connectivity index (χ1v) is 7.44. The highest BCUT2D eigenvalue weighted by Crippen LogP contribution is 2.30. The number of aliphatic hydroxyl groups is 2. The summed E-state index contributed by atoms with van der Waals surface area (Å²) >= 11 is 0. The quantitative estimate of drug-likeness (QED) is 0.753. The molecule has 2 fully saturated rings. The first-order valence-electron chi connectivity index (χ1n) is 7.44. The van der Waals surface area contributed by atoms with Gasteiger partial charge in [-0.15, -0.1) is 0 Å². The van der Waals surface area contributed by atoms with E-state index in [9.17, 15) is 10.2 Å². The van der Waals surface area contributed by atoms with Gasteiger partial charge in [-0.3, -0.25) is 0 Å². The van der Waals surface area contributed by atoms with Crippen molar-refractivity contribution in [1.29, 1.82) is 0 Å². The van der Waals surface area contributed by atoms with E-state index >= 15 is 0 Å². The maximum atomic E-state index is 10.3. The summed E-state index contributed by atoms with van der Waals surface area (Å²) in [6, 6.07) is 0. The molecular weight excluding hydrogens is 224 g/mol. The van der Waals surface area contributed by atoms with Crippen molar-refractivity contribution in [3.63, 3.8) is 0 Å². The van der Waals surface area contributed by atoms with Crippen LogP contribution < -0.4 is 0 Å². The summed E-state index contributed by atoms with van der Waals surface area (Å²) in [7, 11) is 0. The predicted molar refractivity (Wildman–Crippen MR) is 74.3 cm³/mol. The van der Waals surface area contributed by atoms with E-state index in [-0.39, 0.29) is 0 Å². The molecular formula is C16H26O2. The van der Waals surface area contributed by atoms with Crippen molar-refractivity contribution < 1.29 is 10.2 Å². The molecule has 2 N–H and O–H groups in total. The lowest BCUT2D eigenvalue weighted by molar-refractivity contribution is 0.0498. The van der Waals surface area contributed by atoms with E-state index in [0.717, 1.165) is 51.4 Å². The fraction of sp³-hybridized carbons (Fsp3) is 0.750. The fourth-order valence-electron chi connectivity index (χ4n) is 3.13. The first-order chi connectivity index (χ1) is 8.62. The first kappa shape index (κ1) is 13.8. The molecule has 0 spiro atoms. The Morgan fingerprint density at radius 3 is 1.22 bits per heavy atom. The van der Waals surface area contributed by atoms with E-state index in [1.165, 1.54) is 12.8 Å². The minimum atomic E-state index is -0.599. The molecule has 0 aromatic carbocycles. The summed E-state index contributed by atoms with van der Waals surface area (Å²) in [5.74, 6) is 0. The van der Waals surface area contributed by atoms with Crippen LogP contribution in [0.4, 0.5) is 0 Å². The van der Waals surface area contributed by atoms with Gasteiger partial charge in [0.2, 0.25) is 0 Å². The molecule has 2 aliphatic carbocycles. The zero-order valence-electron chi connectivity index (χ0n) is 11.3. The highest BCUT2D eigenvalue weighted by molar-refractivity contribution is 5.14. The Kier molecular flexibility index (Phi) is 4.63. The summed E-state index contributed by atoms with van der Waals surface area (Å²) in [6.07, 6.45) is 18.1. The smallest absolute Gasteiger partial charge is 0.0830 e. The highest BCUT2D eigenvalue weighted by atomic mass is 16.3. The molecule has 102 valence electrons. The molecule has 2 heteroatoms. The number of rotatable bonds is 3. The van der Waals surface area contributed by atoms with E-state index < -0.39 is 11.2 Å². The SMILES string of the molecule is OC1(/C=C/C=C/C2(O)CCCCC2)CCCCC1. The Balaban J connectivity index is 1.85. The Bertz CT molecular complexity index is 273. The number of hydrogen-bond donors (Lipinski definition) is 2. The average Bonchev–Trinajstić information content (AvgIpc) is 2.37. The van der Waals surface area contributed by atoms with Crippen molar-refractivity contribution in [2.45, 2.75) is 75.4 Å². The molecule has 0 saturated heterocycles. The molecule has 2 saturated carbocycles. The van der Waals surface area contributed by atoms with Gasteiger partial charge >= 0.3 is 0 Å². The summed E-state index contributed by atoms with van der Waals surface area (Å²) in [5.41, 5.74) is -1.20. The van der Waals surface area contributed by atoms with Gasteiger partial charge in [-0.25, -0.2) is 0 Å². The topological polar surface area (TPSA) is 40.5 Å². The van der Waals surface area contributed by atoms with E-state index in [0.29, 0.717) is 0 Å². The molecule has 0 aliphatic heterocycles. The van der Waals surface area contributed by atoms with Crippen LogP contribution in [0.2, 0.25) is 0 Å². The van der Waals surface area contributed by atoms with Crippen molar-refractivity contribution in [2.75, 3.05) is 0 Å². The van der Waals surface area contributed by atoms with Crippen LogP contribution >= 0.6 is 0 Å². The molecule has 0 unspecified atom stereocenters. The van der Waals surface area contributed by atoms with E-state index in [2.05, 4.69) is 0 Å². The molecule has 0 heterocycles. The Morgan fingerprint density at radius 1 is 0.556 bits per heavy atom. The van der Waals surface area contributed by atoms with Crippen LogP contribution in [0.25, 0.3) is 0 Å². The second-order valence-corrected chi connectivity index (χ2v) is 6.05. The van der Waals surface area contributed by atoms with Gasteiger partial charge in [-0.05, 0) is 25.7 Å². The summed E-state index contributed by atoms with van der Waals surface area (Å²) in [5, 5.41) is 20.6. The van der Waals surface area contributed by atoms with Crippen molar-refractivity contribution in [3.8, 4) is 0 Å². The number of allylic oxidation sites excluding steroid dienone is 2. The van der Waals surface area contributed by atoms with Crippen LogP contribution in [0.1, 0.15) is 64.2 Å². The lowest BCUT2D eigenvalue weighted by Gasteiger charge is -2.29. The van der Waals surface area contributed by atoms with E-state index in [1.807, 2.05) is 24.3 Å². The summed E-state index contributed by atoms with van der Waals surface area (Å²) in [4.78, 5) is 0. The molecule has 2 aliphatic rings. The molecule has 2 nitrogen and oxygen atoms in total. The largest absolute Gasteiger partial charge is 0.386 e. The van der Waals surface area contributed by atoms with Gasteiger partial charge in [0.05, 0.1) is 11.2 Å². The van der Waals surface area contributed by atoms with Crippen LogP contribution in [-0.2, 0) is 0 Å². The van der Waals surface area contributed by atoms with Gasteiger partial charge in [-0.2, -0.15) is 0 Å². The maximum absolute atomic E-state index is 10.3. The third kappa shape index (κ3) is 3.96. The molecule has 0 aromatic rings. The van der Waals surface area contributed by atoms with Gasteiger partial charge in [0, 0.05) is 0 Å². The summed E-state index contributed by atoms with van der Waals surface area (Å²) < 4.78 is 0. The molecule has 2 rings (SSSR count). The van der Waals surface area contributed by atoms with Gasteiger partial charge in [-0.1, -0.05) is 62.8 Å². The van der Waals surface area contributed by atoms with Gasteiger partial charge < -0.3 is 10.2 Å². The minimum absolute atomic E-state index is 0.599.